The van der Waals surface area contributed by atoms with E-state index in [2.05, 4.69) is 4.31 Å². The van der Waals surface area contributed by atoms with Crippen LogP contribution in [-0.4, -0.2) is 171 Å². The predicted molar refractivity (Wildman–Crippen MR) is 59.3 cm³/mol. The Morgan fingerprint density at radius 1 is 0.733 bits per heavy atom. The quantitative estimate of drug-likeness (QED) is 0.255. The minimum atomic E-state index is -5.05. The normalized spacial score (nSPS) is 8.27. The van der Waals surface area contributed by atoms with E-state index in [1.807, 2.05) is 0 Å². The summed E-state index contributed by atoms with van der Waals surface area (Å²) >= 11 is 0. The van der Waals surface area contributed by atoms with Crippen LogP contribution in [0.2, 0.25) is 0 Å². The van der Waals surface area contributed by atoms with Crippen LogP contribution in [0.5, 0.6) is 0 Å². The van der Waals surface area contributed by atoms with Crippen molar-refractivity contribution in [2.45, 2.75) is 0 Å². The molecule has 0 radical (unpaired) electrons. The van der Waals surface area contributed by atoms with Gasteiger partial charge in [0, 0.05) is 0 Å². The number of rotatable bonds is 2. The van der Waals surface area contributed by atoms with Gasteiger partial charge in [-0.15, -0.1) is 0 Å². The van der Waals surface area contributed by atoms with E-state index in [0.29, 0.717) is 0 Å². The van der Waals surface area contributed by atoms with Gasteiger partial charge in [-0.25, -0.2) is 9.13 Å². The van der Waals surface area contributed by atoms with E-state index >= 15 is 0 Å². The summed E-state index contributed by atoms with van der Waals surface area (Å²) in [5, 5.41) is 0. The first-order valence-electron chi connectivity index (χ1n) is 1.53. The van der Waals surface area contributed by atoms with Crippen molar-refractivity contribution in [3.8, 4) is 0 Å². The summed E-state index contributed by atoms with van der Waals surface area (Å²) in [6.45, 7) is 0. The first kappa shape index (κ1) is 43.7. The molecule has 0 bridgehead atoms. The third-order valence-corrected chi connectivity index (χ3v) is 1.91. The molecule has 0 fully saturated rings. The van der Waals surface area contributed by atoms with Crippen LogP contribution < -0.4 is 103 Å². The minimum Gasteiger partial charge on any atom is -1.00 e. The van der Waals surface area contributed by atoms with Gasteiger partial charge < -0.3 is 33.8 Å². The number of phosphoric acid groups is 2. The van der Waals surface area contributed by atoms with Gasteiger partial charge in [0.2, 0.25) is 0 Å². The maximum atomic E-state index is 9.63. The van der Waals surface area contributed by atoms with Gasteiger partial charge in [-0.1, -0.05) is 0 Å². The van der Waals surface area contributed by atoms with Crippen LogP contribution >= 0.6 is 15.6 Å². The van der Waals surface area contributed by atoms with Gasteiger partial charge >= 0.3 is 269 Å². The zero-order valence-corrected chi connectivity index (χ0v) is 25.6. The molecule has 0 aromatic rings. The van der Waals surface area contributed by atoms with E-state index < -0.39 is 15.6 Å². The Morgan fingerprint density at radius 2 is 0.867 bits per heavy atom. The van der Waals surface area contributed by atoms with E-state index in [1.165, 1.54) is 0 Å². The van der Waals surface area contributed by atoms with Crippen molar-refractivity contribution in [1.29, 1.82) is 0 Å². The molecule has 76 valence electrons. The Hall–Kier alpha value is 8.57. The second-order valence-corrected chi connectivity index (χ2v) is 3.68. The number of hydrogen-bond donors (Lipinski definition) is 4. The van der Waals surface area contributed by atoms with Gasteiger partial charge in [-0.05, 0) is 0 Å². The van der Waals surface area contributed by atoms with Crippen LogP contribution in [0, 0.1) is 0 Å². The van der Waals surface area contributed by atoms with E-state index in [9.17, 15) is 9.13 Å². The van der Waals surface area contributed by atoms with Crippen LogP contribution in [0.25, 0.3) is 0 Å². The summed E-state index contributed by atoms with van der Waals surface area (Å²) < 4.78 is 22.2. The zero-order valence-electron chi connectivity index (χ0n) is 18.7. The van der Waals surface area contributed by atoms with E-state index in [0.717, 1.165) is 0 Å². The molecule has 0 amide bonds. The third-order valence-electron chi connectivity index (χ3n) is 0.213. The fourth-order valence-corrected chi connectivity index (χ4v) is 1.25. The maximum Gasteiger partial charge on any atom is 2.00 e. The average molecular weight is 427 g/mol. The Bertz CT molecular complexity index is 192. The molecular formula is H14Ca4K2O7P2. The second kappa shape index (κ2) is 22.6. The molecule has 4 N–H and O–H groups in total. The van der Waals surface area contributed by atoms with E-state index in [1.54, 1.807) is 0 Å². The zero-order chi connectivity index (χ0) is 7.71. The average Bonchev–Trinajstić information content (AvgIpc) is 1.14. The van der Waals surface area contributed by atoms with Gasteiger partial charge in [-0.2, -0.15) is 4.31 Å². The largest absolute Gasteiger partial charge is 2.00 e. The molecule has 0 aliphatic rings. The third kappa shape index (κ3) is 45.0. The molecule has 0 aromatic carbocycles. The molecule has 0 atom stereocenters. The van der Waals surface area contributed by atoms with Gasteiger partial charge in [0.25, 0.3) is 0 Å². The molecule has 0 saturated carbocycles. The summed E-state index contributed by atoms with van der Waals surface area (Å²) in [5.41, 5.74) is 0. The van der Waals surface area contributed by atoms with E-state index in [-0.39, 0.29) is 268 Å². The van der Waals surface area contributed by atoms with Crippen LogP contribution in [0.4, 0.5) is 0 Å². The van der Waals surface area contributed by atoms with Crippen molar-refractivity contribution in [3.63, 3.8) is 0 Å². The van der Waals surface area contributed by atoms with Crippen molar-refractivity contribution in [2.75, 3.05) is 0 Å². The molecule has 0 unspecified atom stereocenters. The Morgan fingerprint density at radius 3 is 0.867 bits per heavy atom. The Labute approximate surface area is 307 Å². The van der Waals surface area contributed by atoms with Crippen molar-refractivity contribution in [2.24, 2.45) is 0 Å². The molecule has 15 heavy (non-hydrogen) atoms. The molecule has 15 heteroatoms. The van der Waals surface area contributed by atoms with Crippen molar-refractivity contribution in [3.05, 3.63) is 0 Å². The summed E-state index contributed by atoms with van der Waals surface area (Å²) in [4.78, 5) is 31.0. The molecule has 0 spiro atoms. The van der Waals surface area contributed by atoms with Crippen LogP contribution in [-0.2, 0) is 13.4 Å². The van der Waals surface area contributed by atoms with Gasteiger partial charge in [0.05, 0.1) is 0 Å². The smallest absolute Gasteiger partial charge is 1.00 e. The molecule has 0 heterocycles. The first-order chi connectivity index (χ1) is 3.71. The fraction of sp³-hybridized carbons (Fsp3) is 0. The summed E-state index contributed by atoms with van der Waals surface area (Å²) in [6.07, 6.45) is 0. The molecule has 0 rings (SSSR count). The topological polar surface area (TPSA) is 124 Å². The van der Waals surface area contributed by atoms with Gasteiger partial charge in [0.1, 0.15) is 0 Å². The van der Waals surface area contributed by atoms with Gasteiger partial charge in [-0.3, -0.25) is 0 Å². The summed E-state index contributed by atoms with van der Waals surface area (Å²) in [5.74, 6) is 0. The number of hydrogen-bond acceptors (Lipinski definition) is 3. The minimum absolute atomic E-state index is 0. The first-order valence-corrected chi connectivity index (χ1v) is 4.59. The van der Waals surface area contributed by atoms with Gasteiger partial charge in [0.15, 0.2) is 0 Å². The fourth-order valence-electron chi connectivity index (χ4n) is 0.139. The summed E-state index contributed by atoms with van der Waals surface area (Å²) in [7, 11) is -10.1. The Kier molecular flexibility index (Phi) is 65.8. The van der Waals surface area contributed by atoms with Crippen molar-refractivity contribution in [1.82, 2.24) is 0 Å². The molecule has 0 aliphatic heterocycles. The van der Waals surface area contributed by atoms with Crippen molar-refractivity contribution < 1.29 is 150 Å². The molecule has 0 aliphatic carbocycles. The monoisotopic (exact) mass is 426 g/mol. The standard InChI is InChI=1S/4Ca.2K.H4O7P2.10H/c;;;;;;1-8(2,3)7-9(4,5)6;;;;;;;;;;/h;;;;;;(H2,1,2,3)(H2,4,5,6);;;;;;;;;;/q4*+2;2*+1;;10*-1. The maximum absolute atomic E-state index is 9.63. The second-order valence-electron chi connectivity index (χ2n) is 1.06. The molecular weight excluding hydrogens is 412 g/mol. The molecule has 0 aromatic heterocycles. The van der Waals surface area contributed by atoms with Crippen molar-refractivity contribution >= 4 is 167 Å². The SMILES string of the molecule is O=P(O)(O)OP(=O)(O)O.[Ca+2].[Ca+2].[Ca+2].[Ca+2].[H-].[H-].[H-].[H-].[H-].[H-].[H-].[H-].[H-].[H-].[K+].[K+]. The van der Waals surface area contributed by atoms with Crippen LogP contribution in [0.15, 0.2) is 0 Å². The van der Waals surface area contributed by atoms with Crippen LogP contribution in [0.3, 0.4) is 0 Å². The van der Waals surface area contributed by atoms with Crippen LogP contribution in [0.1, 0.15) is 14.3 Å². The Balaban J connectivity index is -0.00000000267. The van der Waals surface area contributed by atoms with E-state index in [4.69, 9.17) is 19.6 Å². The summed E-state index contributed by atoms with van der Waals surface area (Å²) in [6, 6.07) is 0. The molecule has 0 saturated heterocycles. The molecule has 7 nitrogen and oxygen atoms in total. The predicted octanol–water partition coefficient (Wildman–Crippen LogP) is -7.20.